The summed E-state index contributed by atoms with van der Waals surface area (Å²) < 4.78 is 5.29. The van der Waals surface area contributed by atoms with Crippen molar-refractivity contribution >= 4 is 51.1 Å². The predicted molar refractivity (Wildman–Crippen MR) is 131 cm³/mol. The first-order valence-electron chi connectivity index (χ1n) is 10.6. The third-order valence-electron chi connectivity index (χ3n) is 5.02. The number of H-pyrrole nitrogens is 1. The number of carbonyl (C=O) groups excluding carboxylic acids is 2. The number of benzene rings is 2. The van der Waals surface area contributed by atoms with Gasteiger partial charge in [0.2, 0.25) is 0 Å². The van der Waals surface area contributed by atoms with E-state index in [4.69, 9.17) is 16.3 Å². The molecule has 0 aliphatic carbocycles. The number of nitrogens with zero attached hydrogens (tertiary/aromatic N) is 1. The molecule has 33 heavy (non-hydrogen) atoms. The second kappa shape index (κ2) is 8.75. The number of pyridine rings is 1. The average Bonchev–Trinajstić information content (AvgIpc) is 3.10. The molecule has 7 nitrogen and oxygen atoms in total. The highest BCUT2D eigenvalue weighted by atomic mass is 35.5. The summed E-state index contributed by atoms with van der Waals surface area (Å²) >= 11 is 6.08. The Labute approximate surface area is 196 Å². The number of hydrogen-bond acceptors (Lipinski definition) is 4. The number of aromatic amines is 1. The molecule has 2 aromatic carbocycles. The van der Waals surface area contributed by atoms with Crippen molar-refractivity contribution in [3.8, 4) is 0 Å². The summed E-state index contributed by atoms with van der Waals surface area (Å²) in [6.45, 7) is 7.45. The first-order valence-corrected chi connectivity index (χ1v) is 10.9. The summed E-state index contributed by atoms with van der Waals surface area (Å²) in [7, 11) is 0. The fourth-order valence-electron chi connectivity index (χ4n) is 3.66. The number of halogens is 1. The van der Waals surface area contributed by atoms with Crippen LogP contribution in [0.25, 0.3) is 21.8 Å². The molecule has 0 radical (unpaired) electrons. The molecule has 0 saturated heterocycles. The number of ether oxygens (including phenoxy) is 1. The second-order valence-corrected chi connectivity index (χ2v) is 9.23. The molecular weight excluding hydrogens is 440 g/mol. The number of aryl methyl sites for hydroxylation is 1. The van der Waals surface area contributed by atoms with Gasteiger partial charge in [-0.05, 0) is 58.0 Å². The Balaban J connectivity index is 1.55. The van der Waals surface area contributed by atoms with Crippen LogP contribution in [0.2, 0.25) is 5.02 Å². The van der Waals surface area contributed by atoms with Gasteiger partial charge in [-0.25, -0.2) is 4.79 Å². The number of aromatic nitrogens is 2. The van der Waals surface area contributed by atoms with Crippen molar-refractivity contribution in [2.75, 3.05) is 5.32 Å². The summed E-state index contributed by atoms with van der Waals surface area (Å²) in [4.78, 5) is 33.2. The molecule has 3 N–H and O–H groups in total. The van der Waals surface area contributed by atoms with Gasteiger partial charge in [-0.2, -0.15) is 0 Å². The molecule has 0 fully saturated rings. The Kier molecular flexibility index (Phi) is 5.99. The fraction of sp³-hybridized carbons (Fsp3) is 0.240. The zero-order chi connectivity index (χ0) is 23.8. The van der Waals surface area contributed by atoms with Crippen molar-refractivity contribution in [2.45, 2.75) is 39.8 Å². The zero-order valence-electron chi connectivity index (χ0n) is 18.9. The van der Waals surface area contributed by atoms with Crippen LogP contribution in [0.3, 0.4) is 0 Å². The molecule has 0 spiro atoms. The van der Waals surface area contributed by atoms with E-state index in [2.05, 4.69) is 26.7 Å². The van der Waals surface area contributed by atoms with Crippen LogP contribution in [0, 0.1) is 6.92 Å². The minimum atomic E-state index is -0.671. The van der Waals surface area contributed by atoms with E-state index in [1.807, 2.05) is 31.2 Å². The molecule has 0 unspecified atom stereocenters. The number of anilines is 1. The van der Waals surface area contributed by atoms with E-state index in [1.54, 1.807) is 32.9 Å². The summed E-state index contributed by atoms with van der Waals surface area (Å²) in [5.41, 5.74) is 3.47. The molecule has 8 heteroatoms. The van der Waals surface area contributed by atoms with E-state index >= 15 is 0 Å². The third-order valence-corrected chi connectivity index (χ3v) is 5.26. The maximum absolute atomic E-state index is 12.9. The lowest BCUT2D eigenvalue weighted by Gasteiger charge is -2.20. The molecule has 4 rings (SSSR count). The summed E-state index contributed by atoms with van der Waals surface area (Å²) in [5, 5.41) is 8.04. The van der Waals surface area contributed by atoms with E-state index in [-0.39, 0.29) is 23.7 Å². The maximum Gasteiger partial charge on any atom is 0.412 e. The van der Waals surface area contributed by atoms with Gasteiger partial charge in [0.25, 0.3) is 5.91 Å². The molecule has 2 heterocycles. The first-order chi connectivity index (χ1) is 15.6. The molecule has 170 valence electrons. The number of amides is 2. The molecule has 4 aromatic rings. The molecule has 0 saturated carbocycles. The van der Waals surface area contributed by atoms with Crippen molar-refractivity contribution in [3.63, 3.8) is 0 Å². The Morgan fingerprint density at radius 1 is 1.09 bits per heavy atom. The molecule has 2 aromatic heterocycles. The lowest BCUT2D eigenvalue weighted by molar-refractivity contribution is 0.0636. The quantitative estimate of drug-likeness (QED) is 0.347. The Bertz CT molecular complexity index is 1370. The molecule has 0 atom stereocenters. The maximum atomic E-state index is 12.9. The van der Waals surface area contributed by atoms with E-state index in [9.17, 15) is 9.59 Å². The van der Waals surface area contributed by atoms with Crippen molar-refractivity contribution < 1.29 is 14.3 Å². The Hall–Kier alpha value is -3.58. The van der Waals surface area contributed by atoms with Gasteiger partial charge in [-0.15, -0.1) is 0 Å². The zero-order valence-corrected chi connectivity index (χ0v) is 19.6. The number of para-hydroxylation sites is 1. The minimum absolute atomic E-state index is 0.226. The van der Waals surface area contributed by atoms with Gasteiger partial charge in [0, 0.05) is 21.3 Å². The first kappa shape index (κ1) is 22.6. The van der Waals surface area contributed by atoms with Crippen molar-refractivity contribution in [1.82, 2.24) is 15.3 Å². The largest absolute Gasteiger partial charge is 0.444 e. The second-order valence-electron chi connectivity index (χ2n) is 8.79. The Morgan fingerprint density at radius 2 is 1.85 bits per heavy atom. The number of rotatable bonds is 4. The van der Waals surface area contributed by atoms with E-state index in [0.29, 0.717) is 5.02 Å². The van der Waals surface area contributed by atoms with Gasteiger partial charge in [-0.3, -0.25) is 15.1 Å². The number of fused-ring (bicyclic) bond motifs is 3. The number of carbonyl (C=O) groups is 2. The summed E-state index contributed by atoms with van der Waals surface area (Å²) in [6.07, 6.45) is -0.666. The van der Waals surface area contributed by atoms with Crippen molar-refractivity contribution in [1.29, 1.82) is 0 Å². The van der Waals surface area contributed by atoms with Crippen LogP contribution in [-0.2, 0) is 11.3 Å². The van der Waals surface area contributed by atoms with Gasteiger partial charge in [0.15, 0.2) is 0 Å². The van der Waals surface area contributed by atoms with Crippen LogP contribution in [0.5, 0.6) is 0 Å². The monoisotopic (exact) mass is 464 g/mol. The van der Waals surface area contributed by atoms with Crippen LogP contribution < -0.4 is 10.6 Å². The third kappa shape index (κ3) is 5.09. The minimum Gasteiger partial charge on any atom is -0.444 e. The lowest BCUT2D eigenvalue weighted by Crippen LogP contribution is -2.29. The van der Waals surface area contributed by atoms with Crippen LogP contribution in [0.15, 0.2) is 48.5 Å². The van der Waals surface area contributed by atoms with Gasteiger partial charge in [-0.1, -0.05) is 29.8 Å². The SMILES string of the molecule is Cc1nc(CNC(=O)c2ccc(Cl)cc2NC(=O)OC(C)(C)C)cc2c1[nH]c1ccccc12. The van der Waals surface area contributed by atoms with Crippen LogP contribution in [0.4, 0.5) is 10.5 Å². The highest BCUT2D eigenvalue weighted by Gasteiger charge is 2.19. The van der Waals surface area contributed by atoms with Crippen LogP contribution in [0.1, 0.15) is 42.5 Å². The standard InChI is InChI=1S/C25H25ClN4O3/c1-14-22-19(17-7-5-6-8-20(17)29-22)12-16(28-14)13-27-23(31)18-10-9-15(26)11-21(18)30-24(32)33-25(2,3)4/h5-12,29H,13H2,1-4H3,(H,27,31)(H,30,32). The van der Waals surface area contributed by atoms with Crippen molar-refractivity contribution in [3.05, 3.63) is 70.5 Å². The van der Waals surface area contributed by atoms with Gasteiger partial charge < -0.3 is 15.0 Å². The van der Waals surface area contributed by atoms with E-state index in [0.717, 1.165) is 33.2 Å². The van der Waals surface area contributed by atoms with E-state index < -0.39 is 11.7 Å². The molecule has 0 bridgehead atoms. The topological polar surface area (TPSA) is 96.1 Å². The van der Waals surface area contributed by atoms with E-state index in [1.165, 1.54) is 6.07 Å². The number of nitrogens with one attached hydrogen (secondary N) is 3. The smallest absolute Gasteiger partial charge is 0.412 e. The molecule has 2 amide bonds. The summed E-state index contributed by atoms with van der Waals surface area (Å²) in [5.74, 6) is -0.365. The van der Waals surface area contributed by atoms with Crippen LogP contribution in [-0.4, -0.2) is 27.6 Å². The predicted octanol–water partition coefficient (Wildman–Crippen LogP) is 5.95. The molecule has 0 aliphatic rings. The highest BCUT2D eigenvalue weighted by Crippen LogP contribution is 2.27. The average molecular weight is 465 g/mol. The van der Waals surface area contributed by atoms with Gasteiger partial charge in [0.05, 0.1) is 34.7 Å². The fourth-order valence-corrected chi connectivity index (χ4v) is 3.83. The van der Waals surface area contributed by atoms with Crippen molar-refractivity contribution in [2.24, 2.45) is 0 Å². The molecule has 0 aliphatic heterocycles. The normalized spacial score (nSPS) is 11.5. The number of hydrogen-bond donors (Lipinski definition) is 3. The van der Waals surface area contributed by atoms with Crippen LogP contribution >= 0.6 is 11.6 Å². The Morgan fingerprint density at radius 3 is 2.61 bits per heavy atom. The highest BCUT2D eigenvalue weighted by molar-refractivity contribution is 6.31. The van der Waals surface area contributed by atoms with Gasteiger partial charge >= 0.3 is 6.09 Å². The molecular formula is C25H25ClN4O3. The lowest BCUT2D eigenvalue weighted by atomic mass is 10.1. The summed E-state index contributed by atoms with van der Waals surface area (Å²) in [6, 6.07) is 14.7. The van der Waals surface area contributed by atoms with Gasteiger partial charge in [0.1, 0.15) is 5.60 Å².